The van der Waals surface area contributed by atoms with Gasteiger partial charge in [0.15, 0.2) is 0 Å². The third kappa shape index (κ3) is 11.0. The molecule has 0 unspecified atom stereocenters. The zero-order chi connectivity index (χ0) is 5.98. The van der Waals surface area contributed by atoms with Crippen molar-refractivity contribution in [1.82, 2.24) is 0 Å². The van der Waals surface area contributed by atoms with Crippen molar-refractivity contribution in [3.05, 3.63) is 24.3 Å². The second-order valence-corrected chi connectivity index (χ2v) is 2.11. The third-order valence-electron chi connectivity index (χ3n) is 0.893. The summed E-state index contributed by atoms with van der Waals surface area (Å²) < 4.78 is 0. The van der Waals surface area contributed by atoms with Crippen LogP contribution in [0.15, 0.2) is 29.2 Å². The number of nitrogens with two attached hydrogens (primary N) is 1. The minimum atomic E-state index is 0. The number of anilines is 1. The molecule has 1 rings (SSSR count). The summed E-state index contributed by atoms with van der Waals surface area (Å²) in [6, 6.07) is 7.36. The Bertz CT molecular complexity index is 160. The summed E-state index contributed by atoms with van der Waals surface area (Å²) in [5, 5.41) is 0. The summed E-state index contributed by atoms with van der Waals surface area (Å²) >= 11 is 4.08. The molecule has 0 spiro atoms. The van der Waals surface area contributed by atoms with Gasteiger partial charge in [-0.3, -0.25) is 23.5 Å². The Kier molecular flexibility index (Phi) is 31.0. The molecule has 0 saturated heterocycles. The van der Waals surface area contributed by atoms with E-state index >= 15 is 0 Å². The van der Waals surface area contributed by atoms with Crippen LogP contribution in [0, 0.1) is 0 Å². The maximum atomic E-state index is 5.39. The van der Waals surface area contributed by atoms with Crippen LogP contribution in [-0.4, -0.2) is 0 Å². The SMILES string of the molecule is F.F.F.F.F.Nc1ccc(S)cc1. The first-order valence-corrected chi connectivity index (χ1v) is 2.78. The van der Waals surface area contributed by atoms with E-state index in [-0.39, 0.29) is 23.5 Å². The van der Waals surface area contributed by atoms with Crippen molar-refractivity contribution in [2.24, 2.45) is 0 Å². The molecule has 1 aromatic carbocycles. The third-order valence-corrected chi connectivity index (χ3v) is 1.19. The Morgan fingerprint density at radius 1 is 0.769 bits per heavy atom. The molecule has 13 heavy (non-hydrogen) atoms. The van der Waals surface area contributed by atoms with Gasteiger partial charge in [0.1, 0.15) is 0 Å². The van der Waals surface area contributed by atoms with Crippen LogP contribution in [0.2, 0.25) is 0 Å². The number of hydrogen-bond acceptors (Lipinski definition) is 2. The minimum Gasteiger partial charge on any atom is -0.399 e. The van der Waals surface area contributed by atoms with Crippen molar-refractivity contribution < 1.29 is 23.5 Å². The number of nitrogen functional groups attached to an aromatic ring is 1. The van der Waals surface area contributed by atoms with Crippen LogP contribution in [0.3, 0.4) is 0 Å². The molecule has 0 atom stereocenters. The maximum Gasteiger partial charge on any atom is 0.0314 e. The highest BCUT2D eigenvalue weighted by Gasteiger charge is 1.81. The first-order chi connectivity index (χ1) is 3.79. The Hall–Kier alpha value is -0.980. The highest BCUT2D eigenvalue weighted by atomic mass is 32.1. The molecule has 7 heteroatoms. The van der Waals surface area contributed by atoms with E-state index in [1.54, 1.807) is 0 Å². The Morgan fingerprint density at radius 3 is 1.31 bits per heavy atom. The van der Waals surface area contributed by atoms with Crippen molar-refractivity contribution in [1.29, 1.82) is 0 Å². The molecule has 0 heterocycles. The second-order valence-electron chi connectivity index (χ2n) is 1.59. The van der Waals surface area contributed by atoms with Gasteiger partial charge in [-0.1, -0.05) is 0 Å². The summed E-state index contributed by atoms with van der Waals surface area (Å²) in [4.78, 5) is 0.944. The molecule has 0 saturated carbocycles. The Balaban J connectivity index is -0.0000000427. The van der Waals surface area contributed by atoms with E-state index < -0.39 is 0 Å². The molecule has 1 nitrogen and oxygen atoms in total. The van der Waals surface area contributed by atoms with Gasteiger partial charge in [0.25, 0.3) is 0 Å². The second kappa shape index (κ2) is 13.6. The molecule has 0 aliphatic carbocycles. The van der Waals surface area contributed by atoms with Gasteiger partial charge >= 0.3 is 0 Å². The summed E-state index contributed by atoms with van der Waals surface area (Å²) in [7, 11) is 0. The predicted molar refractivity (Wildman–Crippen MR) is 50.6 cm³/mol. The highest BCUT2D eigenvalue weighted by molar-refractivity contribution is 7.80. The lowest BCUT2D eigenvalue weighted by Gasteiger charge is -1.89. The highest BCUT2D eigenvalue weighted by Crippen LogP contribution is 2.07. The topological polar surface area (TPSA) is 26.0 Å². The van der Waals surface area contributed by atoms with E-state index in [0.717, 1.165) is 10.6 Å². The molecule has 0 aliphatic heterocycles. The number of halogens is 5. The largest absolute Gasteiger partial charge is 0.399 e. The van der Waals surface area contributed by atoms with Crippen molar-refractivity contribution in [2.75, 3.05) is 5.73 Å². The molecule has 0 bridgehead atoms. The first kappa shape index (κ1) is 29.6. The van der Waals surface area contributed by atoms with E-state index in [1.165, 1.54) is 0 Å². The standard InChI is InChI=1S/C6H7NS.5FH/c7-5-1-3-6(8)4-2-5;;;;;/h1-4,8H,7H2;5*1H. The van der Waals surface area contributed by atoms with Crippen molar-refractivity contribution in [3.8, 4) is 0 Å². The van der Waals surface area contributed by atoms with E-state index in [1.807, 2.05) is 24.3 Å². The lowest BCUT2D eigenvalue weighted by atomic mass is 10.3. The van der Waals surface area contributed by atoms with E-state index in [9.17, 15) is 0 Å². The minimum absolute atomic E-state index is 0. The van der Waals surface area contributed by atoms with Gasteiger partial charge in [0.2, 0.25) is 0 Å². The van der Waals surface area contributed by atoms with Crippen LogP contribution in [0.4, 0.5) is 29.2 Å². The average Bonchev–Trinajstić information content (AvgIpc) is 1.77. The fraction of sp³-hybridized carbons (Fsp3) is 0. The monoisotopic (exact) mass is 225 g/mol. The molecule has 0 aromatic heterocycles. The van der Waals surface area contributed by atoms with Gasteiger partial charge in [0.05, 0.1) is 0 Å². The summed E-state index contributed by atoms with van der Waals surface area (Å²) in [5.41, 5.74) is 6.17. The van der Waals surface area contributed by atoms with E-state index in [0.29, 0.717) is 0 Å². The van der Waals surface area contributed by atoms with Gasteiger partial charge in [0, 0.05) is 10.6 Å². The van der Waals surface area contributed by atoms with Gasteiger partial charge in [-0.2, -0.15) is 0 Å². The normalized spacial score (nSPS) is 5.62. The van der Waals surface area contributed by atoms with Crippen molar-refractivity contribution >= 4 is 18.3 Å². The number of thiol groups is 1. The maximum absolute atomic E-state index is 5.39. The van der Waals surface area contributed by atoms with E-state index in [4.69, 9.17) is 5.73 Å². The predicted octanol–water partition coefficient (Wildman–Crippen LogP) is 2.32. The van der Waals surface area contributed by atoms with Crippen LogP contribution in [0.1, 0.15) is 0 Å². The molecule has 0 radical (unpaired) electrons. The molecule has 2 N–H and O–H groups in total. The van der Waals surface area contributed by atoms with Gasteiger partial charge in [-0.05, 0) is 24.3 Å². The molecule has 0 fully saturated rings. The van der Waals surface area contributed by atoms with Crippen LogP contribution >= 0.6 is 12.6 Å². The molecular formula is C6H12F5NS. The van der Waals surface area contributed by atoms with Crippen molar-refractivity contribution in [3.63, 3.8) is 0 Å². The van der Waals surface area contributed by atoms with Crippen LogP contribution < -0.4 is 5.73 Å². The number of hydrogen-bond donors (Lipinski definition) is 2. The lowest BCUT2D eigenvalue weighted by molar-refractivity contribution is 1.11. The van der Waals surface area contributed by atoms with Crippen LogP contribution in [0.25, 0.3) is 0 Å². The average molecular weight is 225 g/mol. The number of rotatable bonds is 0. The van der Waals surface area contributed by atoms with Crippen molar-refractivity contribution in [2.45, 2.75) is 4.90 Å². The van der Waals surface area contributed by atoms with Crippen LogP contribution in [0.5, 0.6) is 0 Å². The zero-order valence-electron chi connectivity index (χ0n) is 6.38. The quantitative estimate of drug-likeness (QED) is 0.395. The Morgan fingerprint density at radius 2 is 1.08 bits per heavy atom. The smallest absolute Gasteiger partial charge is 0.0314 e. The molecule has 82 valence electrons. The zero-order valence-corrected chi connectivity index (χ0v) is 7.27. The lowest BCUT2D eigenvalue weighted by Crippen LogP contribution is -1.80. The molecule has 1 aromatic rings. The Labute approximate surface area is 77.6 Å². The fourth-order valence-electron chi connectivity index (χ4n) is 0.474. The van der Waals surface area contributed by atoms with Gasteiger partial charge in [-0.15, -0.1) is 12.6 Å². The van der Waals surface area contributed by atoms with Crippen LogP contribution in [-0.2, 0) is 0 Å². The summed E-state index contributed by atoms with van der Waals surface area (Å²) in [5.74, 6) is 0. The van der Waals surface area contributed by atoms with Gasteiger partial charge < -0.3 is 5.73 Å². The van der Waals surface area contributed by atoms with E-state index in [2.05, 4.69) is 12.6 Å². The summed E-state index contributed by atoms with van der Waals surface area (Å²) in [6.45, 7) is 0. The molecule has 0 amide bonds. The van der Waals surface area contributed by atoms with Gasteiger partial charge in [-0.25, -0.2) is 0 Å². The first-order valence-electron chi connectivity index (χ1n) is 2.33. The number of benzene rings is 1. The molecular weight excluding hydrogens is 213 g/mol. The summed E-state index contributed by atoms with van der Waals surface area (Å²) in [6.07, 6.45) is 0. The molecule has 0 aliphatic rings. The fourth-order valence-corrected chi connectivity index (χ4v) is 0.623.